The molecule has 0 aromatic heterocycles. The van der Waals surface area contributed by atoms with E-state index in [4.69, 9.17) is 9.47 Å². The van der Waals surface area contributed by atoms with E-state index in [1.807, 2.05) is 75.4 Å². The van der Waals surface area contributed by atoms with Crippen LogP contribution in [0.5, 0.6) is 0 Å². The number of ether oxygens (including phenoxy) is 2. The zero-order chi connectivity index (χ0) is 36.8. The van der Waals surface area contributed by atoms with Crippen LogP contribution in [0.4, 0.5) is 4.79 Å². The van der Waals surface area contributed by atoms with Gasteiger partial charge in [-0.2, -0.15) is 0 Å². The second kappa shape index (κ2) is 19.3. The first-order valence-electron chi connectivity index (χ1n) is 17.8. The van der Waals surface area contributed by atoms with E-state index in [1.165, 1.54) is 0 Å². The van der Waals surface area contributed by atoms with E-state index < -0.39 is 47.3 Å². The van der Waals surface area contributed by atoms with Gasteiger partial charge >= 0.3 is 12.1 Å². The molecule has 0 saturated heterocycles. The third-order valence-corrected chi connectivity index (χ3v) is 7.69. The van der Waals surface area contributed by atoms with Gasteiger partial charge in [0, 0.05) is 13.0 Å². The highest BCUT2D eigenvalue weighted by atomic mass is 16.6. The minimum absolute atomic E-state index is 0.0592. The van der Waals surface area contributed by atoms with Crippen molar-refractivity contribution in [1.29, 1.82) is 0 Å². The number of aryl methyl sites for hydroxylation is 1. The molecule has 0 fully saturated rings. The predicted octanol–water partition coefficient (Wildman–Crippen LogP) is 7.84. The van der Waals surface area contributed by atoms with Crippen molar-refractivity contribution in [2.75, 3.05) is 6.54 Å². The summed E-state index contributed by atoms with van der Waals surface area (Å²) in [5.41, 5.74) is 0.860. The number of rotatable bonds is 17. The van der Waals surface area contributed by atoms with Crippen LogP contribution in [-0.4, -0.2) is 58.6 Å². The van der Waals surface area contributed by atoms with E-state index in [-0.39, 0.29) is 24.8 Å². The number of hydrogen-bond acceptors (Lipinski definition) is 6. The normalized spacial score (nSPS) is 13.6. The van der Waals surface area contributed by atoms with Gasteiger partial charge in [0.25, 0.3) is 0 Å². The molecule has 49 heavy (non-hydrogen) atoms. The van der Waals surface area contributed by atoms with E-state index in [0.29, 0.717) is 18.4 Å². The van der Waals surface area contributed by atoms with Crippen molar-refractivity contribution in [2.45, 2.75) is 144 Å². The number of esters is 1. The summed E-state index contributed by atoms with van der Waals surface area (Å²) in [4.78, 5) is 57.5. The van der Waals surface area contributed by atoms with Crippen LogP contribution in [0.3, 0.4) is 0 Å². The molecular formula is C40H61N3O6. The Morgan fingerprint density at radius 3 is 1.98 bits per heavy atom. The molecule has 3 amide bonds. The number of benzene rings is 2. The Bertz CT molecular complexity index is 1350. The van der Waals surface area contributed by atoms with Crippen LogP contribution in [0.2, 0.25) is 0 Å². The van der Waals surface area contributed by atoms with Crippen LogP contribution in [0.1, 0.15) is 124 Å². The summed E-state index contributed by atoms with van der Waals surface area (Å²) in [5.74, 6) is -1.38. The van der Waals surface area contributed by atoms with E-state index in [2.05, 4.69) is 17.6 Å². The summed E-state index contributed by atoms with van der Waals surface area (Å²) >= 11 is 0. The van der Waals surface area contributed by atoms with Crippen LogP contribution in [0.15, 0.2) is 54.6 Å². The molecule has 0 radical (unpaired) electrons. The highest BCUT2D eigenvalue weighted by Crippen LogP contribution is 2.26. The molecule has 9 nitrogen and oxygen atoms in total. The van der Waals surface area contributed by atoms with Crippen LogP contribution < -0.4 is 10.6 Å². The van der Waals surface area contributed by atoms with Crippen molar-refractivity contribution < 1.29 is 28.7 Å². The second-order valence-electron chi connectivity index (χ2n) is 15.4. The highest BCUT2D eigenvalue weighted by molar-refractivity contribution is 5.94. The monoisotopic (exact) mass is 679 g/mol. The first-order valence-corrected chi connectivity index (χ1v) is 17.8. The van der Waals surface area contributed by atoms with Gasteiger partial charge < -0.3 is 25.0 Å². The minimum Gasteiger partial charge on any atom is -0.458 e. The smallest absolute Gasteiger partial charge is 0.408 e. The SMILES string of the molecule is CCCCCCCN(C(=O)C(CC(C)C)NC(=O)OC(C)(C)C)C(C(=O)NC(Cc1ccccc1)C(=O)OC(C)(C)C)c1cccc(C)c1. The van der Waals surface area contributed by atoms with Gasteiger partial charge in [-0.25, -0.2) is 9.59 Å². The van der Waals surface area contributed by atoms with Gasteiger partial charge in [-0.15, -0.1) is 0 Å². The van der Waals surface area contributed by atoms with Gasteiger partial charge in [0.15, 0.2) is 0 Å². The Hall–Kier alpha value is -3.88. The van der Waals surface area contributed by atoms with Crippen LogP contribution in [0.25, 0.3) is 0 Å². The van der Waals surface area contributed by atoms with Gasteiger partial charge in [0.05, 0.1) is 0 Å². The summed E-state index contributed by atoms with van der Waals surface area (Å²) in [6.07, 6.45) is 4.56. The predicted molar refractivity (Wildman–Crippen MR) is 195 cm³/mol. The fourth-order valence-electron chi connectivity index (χ4n) is 5.57. The minimum atomic E-state index is -1.07. The molecule has 2 N–H and O–H groups in total. The standard InChI is InChI=1S/C40H61N3O6/c1-11-12-13-14-18-24-43(36(45)32(25-28(2)3)42-38(47)49-40(8,9)10)34(31-23-19-20-29(4)26-31)35(44)41-33(37(46)48-39(5,6)7)27-30-21-16-15-17-22-30/h15-17,19-23,26,28,32-34H,11-14,18,24-25,27H2,1-10H3,(H,41,44)(H,42,47). The number of nitrogens with one attached hydrogen (secondary N) is 2. The molecule has 2 rings (SSSR count). The summed E-state index contributed by atoms with van der Waals surface area (Å²) in [6.45, 7) is 19.0. The zero-order valence-electron chi connectivity index (χ0n) is 31.6. The quantitative estimate of drug-likeness (QED) is 0.130. The highest BCUT2D eigenvalue weighted by Gasteiger charge is 2.38. The van der Waals surface area contributed by atoms with Gasteiger partial charge in [-0.3, -0.25) is 9.59 Å². The average molecular weight is 680 g/mol. The van der Waals surface area contributed by atoms with Gasteiger partial charge in [0.2, 0.25) is 11.8 Å². The zero-order valence-corrected chi connectivity index (χ0v) is 31.6. The van der Waals surface area contributed by atoms with Crippen molar-refractivity contribution >= 4 is 23.9 Å². The maximum atomic E-state index is 14.7. The molecule has 9 heteroatoms. The van der Waals surface area contributed by atoms with Crippen LogP contribution >= 0.6 is 0 Å². The number of nitrogens with zero attached hydrogens (tertiary/aromatic N) is 1. The third-order valence-electron chi connectivity index (χ3n) is 7.69. The Morgan fingerprint density at radius 2 is 1.41 bits per heavy atom. The molecule has 0 aliphatic heterocycles. The van der Waals surface area contributed by atoms with Crippen molar-refractivity contribution in [2.24, 2.45) is 5.92 Å². The lowest BCUT2D eigenvalue weighted by molar-refractivity contribution is -0.159. The number of carbonyl (C=O) groups is 4. The molecule has 272 valence electrons. The lowest BCUT2D eigenvalue weighted by Crippen LogP contribution is -2.55. The molecule has 3 unspecified atom stereocenters. The molecule has 0 aliphatic rings. The second-order valence-corrected chi connectivity index (χ2v) is 15.4. The number of alkyl carbamates (subject to hydrolysis) is 1. The largest absolute Gasteiger partial charge is 0.458 e. The number of unbranched alkanes of at least 4 members (excludes halogenated alkanes) is 4. The van der Waals surface area contributed by atoms with Gasteiger partial charge in [-0.05, 0) is 78.4 Å². The lowest BCUT2D eigenvalue weighted by atomic mass is 9.97. The molecule has 0 saturated carbocycles. The van der Waals surface area contributed by atoms with Crippen LogP contribution in [-0.2, 0) is 30.3 Å². The fourth-order valence-corrected chi connectivity index (χ4v) is 5.57. The van der Waals surface area contributed by atoms with Crippen molar-refractivity contribution in [1.82, 2.24) is 15.5 Å². The van der Waals surface area contributed by atoms with Crippen LogP contribution in [0, 0.1) is 12.8 Å². The summed E-state index contributed by atoms with van der Waals surface area (Å²) in [5, 5.41) is 5.80. The van der Waals surface area contributed by atoms with E-state index in [0.717, 1.165) is 36.8 Å². The number of carbonyl (C=O) groups excluding carboxylic acids is 4. The lowest BCUT2D eigenvalue weighted by Gasteiger charge is -2.36. The number of hydrogen-bond donors (Lipinski definition) is 2. The molecule has 0 bridgehead atoms. The van der Waals surface area contributed by atoms with Gasteiger partial charge in [0.1, 0.15) is 29.3 Å². The Balaban J connectivity index is 2.63. The van der Waals surface area contributed by atoms with Crippen molar-refractivity contribution in [3.63, 3.8) is 0 Å². The van der Waals surface area contributed by atoms with E-state index >= 15 is 0 Å². The first kappa shape index (κ1) is 41.3. The molecule has 2 aromatic carbocycles. The molecule has 2 aromatic rings. The topological polar surface area (TPSA) is 114 Å². The molecular weight excluding hydrogens is 618 g/mol. The fraction of sp³-hybridized carbons (Fsp3) is 0.600. The van der Waals surface area contributed by atoms with E-state index in [9.17, 15) is 19.2 Å². The van der Waals surface area contributed by atoms with Gasteiger partial charge in [-0.1, -0.05) is 107 Å². The number of amides is 3. The Labute approximate surface area is 294 Å². The summed E-state index contributed by atoms with van der Waals surface area (Å²) < 4.78 is 11.3. The third kappa shape index (κ3) is 15.5. The Kier molecular flexibility index (Phi) is 16.3. The Morgan fingerprint density at radius 1 is 0.776 bits per heavy atom. The molecule has 0 spiro atoms. The maximum absolute atomic E-state index is 14.7. The maximum Gasteiger partial charge on any atom is 0.408 e. The van der Waals surface area contributed by atoms with Crippen molar-refractivity contribution in [3.05, 3.63) is 71.3 Å². The molecule has 0 aliphatic carbocycles. The first-order chi connectivity index (χ1) is 22.9. The summed E-state index contributed by atoms with van der Waals surface area (Å²) in [7, 11) is 0. The van der Waals surface area contributed by atoms with E-state index in [1.54, 1.807) is 46.4 Å². The molecule has 0 heterocycles. The van der Waals surface area contributed by atoms with Crippen molar-refractivity contribution in [3.8, 4) is 0 Å². The average Bonchev–Trinajstić information content (AvgIpc) is 2.98. The molecule has 3 atom stereocenters. The summed E-state index contributed by atoms with van der Waals surface area (Å²) in [6, 6.07) is 13.9.